The Labute approximate surface area is 138 Å². The topological polar surface area (TPSA) is 61.4 Å². The average molecular weight is 369 g/mol. The first-order valence-electron chi connectivity index (χ1n) is 7.41. The third kappa shape index (κ3) is 5.69. The van der Waals surface area contributed by atoms with Gasteiger partial charge >= 0.3 is 6.18 Å². The van der Waals surface area contributed by atoms with E-state index in [2.05, 4.69) is 5.32 Å². The highest BCUT2D eigenvalue weighted by molar-refractivity contribution is 7.88. The van der Waals surface area contributed by atoms with Crippen LogP contribution < -0.4 is 10.0 Å². The lowest BCUT2D eigenvalue weighted by atomic mass is 10.2. The standard InChI is InChI=1S/C14H19F4N3O2S/c15-12-3-1-11(2-4-12)10-24(22,23)20-9-13(14(16,17)18)21-7-5-19-6-8-21/h1-4,13,19-20H,5-10H2. The van der Waals surface area contributed by atoms with Gasteiger partial charge in [0, 0.05) is 32.7 Å². The maximum atomic E-state index is 13.2. The van der Waals surface area contributed by atoms with E-state index in [1.54, 1.807) is 0 Å². The van der Waals surface area contributed by atoms with Crippen LogP contribution in [0.15, 0.2) is 24.3 Å². The summed E-state index contributed by atoms with van der Waals surface area (Å²) >= 11 is 0. The molecule has 0 saturated carbocycles. The minimum atomic E-state index is -4.53. The van der Waals surface area contributed by atoms with E-state index in [-0.39, 0.29) is 13.1 Å². The lowest BCUT2D eigenvalue weighted by molar-refractivity contribution is -0.182. The molecule has 10 heteroatoms. The van der Waals surface area contributed by atoms with Crippen molar-refractivity contribution < 1.29 is 26.0 Å². The molecule has 1 aromatic rings. The van der Waals surface area contributed by atoms with E-state index in [0.29, 0.717) is 18.7 Å². The Morgan fingerprint density at radius 3 is 2.29 bits per heavy atom. The number of alkyl halides is 3. The Bertz CT molecular complexity index is 628. The van der Waals surface area contributed by atoms with E-state index in [9.17, 15) is 26.0 Å². The van der Waals surface area contributed by atoms with Gasteiger partial charge in [0.2, 0.25) is 10.0 Å². The highest BCUT2D eigenvalue weighted by atomic mass is 32.2. The number of nitrogens with one attached hydrogen (secondary N) is 2. The van der Waals surface area contributed by atoms with Crippen molar-refractivity contribution in [3.05, 3.63) is 35.6 Å². The fraction of sp³-hybridized carbons (Fsp3) is 0.571. The summed E-state index contributed by atoms with van der Waals surface area (Å²) in [6.07, 6.45) is -4.53. The molecule has 1 fully saturated rings. The summed E-state index contributed by atoms with van der Waals surface area (Å²) < 4.78 is 78.5. The van der Waals surface area contributed by atoms with Gasteiger partial charge in [-0.1, -0.05) is 12.1 Å². The van der Waals surface area contributed by atoms with E-state index in [4.69, 9.17) is 0 Å². The molecule has 0 aliphatic carbocycles. The van der Waals surface area contributed by atoms with Crippen LogP contribution in [0.1, 0.15) is 5.56 Å². The molecular formula is C14H19F4N3O2S. The molecule has 0 bridgehead atoms. The molecule has 2 N–H and O–H groups in total. The number of hydrogen-bond donors (Lipinski definition) is 2. The second kappa shape index (κ2) is 7.77. The van der Waals surface area contributed by atoms with Crippen molar-refractivity contribution >= 4 is 10.0 Å². The Balaban J connectivity index is 2.00. The normalized spacial score (nSPS) is 18.5. The van der Waals surface area contributed by atoms with Gasteiger partial charge in [0.1, 0.15) is 11.9 Å². The molecule has 0 amide bonds. The fourth-order valence-corrected chi connectivity index (χ4v) is 3.65. The van der Waals surface area contributed by atoms with Crippen LogP contribution in [0.2, 0.25) is 0 Å². The fourth-order valence-electron chi connectivity index (χ4n) is 2.50. The predicted octanol–water partition coefficient (Wildman–Crippen LogP) is 1.08. The molecular weight excluding hydrogens is 350 g/mol. The van der Waals surface area contributed by atoms with Crippen LogP contribution in [-0.2, 0) is 15.8 Å². The molecule has 1 aliphatic rings. The van der Waals surface area contributed by atoms with Gasteiger partial charge in [0.15, 0.2) is 0 Å². The summed E-state index contributed by atoms with van der Waals surface area (Å²) in [7, 11) is -3.96. The molecule has 24 heavy (non-hydrogen) atoms. The van der Waals surface area contributed by atoms with Crippen LogP contribution in [0, 0.1) is 5.82 Å². The van der Waals surface area contributed by atoms with Crippen LogP contribution in [0.4, 0.5) is 17.6 Å². The summed E-state index contributed by atoms with van der Waals surface area (Å²) in [5.74, 6) is -1.01. The predicted molar refractivity (Wildman–Crippen MR) is 81.3 cm³/mol. The maximum absolute atomic E-state index is 13.2. The highest BCUT2D eigenvalue weighted by Crippen LogP contribution is 2.25. The quantitative estimate of drug-likeness (QED) is 0.737. The van der Waals surface area contributed by atoms with Crippen LogP contribution in [0.25, 0.3) is 0 Å². The summed E-state index contributed by atoms with van der Waals surface area (Å²) in [6.45, 7) is 0.505. The number of nitrogens with zero attached hydrogens (tertiary/aromatic N) is 1. The Kier molecular flexibility index (Phi) is 6.18. The maximum Gasteiger partial charge on any atom is 0.405 e. The largest absolute Gasteiger partial charge is 0.405 e. The molecule has 136 valence electrons. The SMILES string of the molecule is O=S(=O)(Cc1ccc(F)cc1)NCC(N1CCNCC1)C(F)(F)F. The van der Waals surface area contributed by atoms with E-state index in [0.717, 1.165) is 12.1 Å². The zero-order chi connectivity index (χ0) is 17.8. The Hall–Kier alpha value is -1.23. The molecule has 1 atom stereocenters. The van der Waals surface area contributed by atoms with Crippen molar-refractivity contribution in [2.45, 2.75) is 18.0 Å². The van der Waals surface area contributed by atoms with Gasteiger partial charge in [-0.2, -0.15) is 13.2 Å². The molecule has 1 heterocycles. The minimum Gasteiger partial charge on any atom is -0.314 e. The molecule has 5 nitrogen and oxygen atoms in total. The summed E-state index contributed by atoms with van der Waals surface area (Å²) in [4.78, 5) is 1.22. The van der Waals surface area contributed by atoms with Crippen molar-refractivity contribution in [2.75, 3.05) is 32.7 Å². The molecule has 0 spiro atoms. The van der Waals surface area contributed by atoms with Crippen LogP contribution in [0.3, 0.4) is 0 Å². The van der Waals surface area contributed by atoms with Gasteiger partial charge in [0.05, 0.1) is 5.75 Å². The number of piperazine rings is 1. The monoisotopic (exact) mass is 369 g/mol. The number of benzene rings is 1. The Morgan fingerprint density at radius 1 is 1.17 bits per heavy atom. The van der Waals surface area contributed by atoms with Crippen LogP contribution in [-0.4, -0.2) is 58.3 Å². The summed E-state index contributed by atoms with van der Waals surface area (Å²) in [5.41, 5.74) is 0.301. The number of halogens is 4. The second-order valence-electron chi connectivity index (χ2n) is 5.58. The molecule has 2 rings (SSSR count). The van der Waals surface area contributed by atoms with Gasteiger partial charge in [-0.3, -0.25) is 4.90 Å². The number of hydrogen-bond acceptors (Lipinski definition) is 4. The lowest BCUT2D eigenvalue weighted by Gasteiger charge is -2.35. The molecule has 0 aromatic heterocycles. The summed E-state index contributed by atoms with van der Waals surface area (Å²) in [5, 5.41) is 2.95. The van der Waals surface area contributed by atoms with Gasteiger partial charge in [-0.15, -0.1) is 0 Å². The van der Waals surface area contributed by atoms with Crippen molar-refractivity contribution in [1.82, 2.24) is 14.9 Å². The van der Waals surface area contributed by atoms with Gasteiger partial charge in [0.25, 0.3) is 0 Å². The molecule has 1 saturated heterocycles. The molecule has 0 radical (unpaired) electrons. The lowest BCUT2D eigenvalue weighted by Crippen LogP contribution is -2.57. The van der Waals surface area contributed by atoms with E-state index >= 15 is 0 Å². The first kappa shape index (κ1) is 19.1. The second-order valence-corrected chi connectivity index (χ2v) is 7.38. The van der Waals surface area contributed by atoms with Crippen molar-refractivity contribution in [2.24, 2.45) is 0 Å². The third-order valence-corrected chi connectivity index (χ3v) is 5.06. The van der Waals surface area contributed by atoms with E-state index in [1.807, 2.05) is 4.72 Å². The van der Waals surface area contributed by atoms with Crippen LogP contribution in [0.5, 0.6) is 0 Å². The minimum absolute atomic E-state index is 0.198. The zero-order valence-corrected chi connectivity index (χ0v) is 13.6. The Morgan fingerprint density at radius 2 is 1.75 bits per heavy atom. The third-order valence-electron chi connectivity index (χ3n) is 3.74. The molecule has 1 unspecified atom stereocenters. The van der Waals surface area contributed by atoms with Crippen molar-refractivity contribution in [3.8, 4) is 0 Å². The highest BCUT2D eigenvalue weighted by Gasteiger charge is 2.44. The van der Waals surface area contributed by atoms with Gasteiger partial charge < -0.3 is 5.32 Å². The first-order chi connectivity index (χ1) is 11.2. The van der Waals surface area contributed by atoms with Crippen LogP contribution >= 0.6 is 0 Å². The number of sulfonamides is 1. The van der Waals surface area contributed by atoms with Crippen molar-refractivity contribution in [3.63, 3.8) is 0 Å². The molecule has 1 aromatic carbocycles. The smallest absolute Gasteiger partial charge is 0.314 e. The van der Waals surface area contributed by atoms with E-state index in [1.165, 1.54) is 17.0 Å². The number of rotatable bonds is 6. The van der Waals surface area contributed by atoms with Gasteiger partial charge in [-0.25, -0.2) is 17.5 Å². The van der Waals surface area contributed by atoms with Gasteiger partial charge in [-0.05, 0) is 17.7 Å². The molecule has 1 aliphatic heterocycles. The van der Waals surface area contributed by atoms with Crippen molar-refractivity contribution in [1.29, 1.82) is 0 Å². The first-order valence-corrected chi connectivity index (χ1v) is 9.06. The summed E-state index contributed by atoms with van der Waals surface area (Å²) in [6, 6.07) is 2.90. The average Bonchev–Trinajstić information content (AvgIpc) is 2.49. The zero-order valence-electron chi connectivity index (χ0n) is 12.8. The van der Waals surface area contributed by atoms with E-state index < -0.39 is 40.4 Å².